The predicted molar refractivity (Wildman–Crippen MR) is 164 cm³/mol. The summed E-state index contributed by atoms with van der Waals surface area (Å²) in [6, 6.07) is 19.6. The molecule has 4 aromatic carbocycles. The zero-order valence-electron chi connectivity index (χ0n) is 24.5. The first-order chi connectivity index (χ1) is 21.0. The molecule has 43 heavy (non-hydrogen) atoms. The van der Waals surface area contributed by atoms with E-state index < -0.39 is 0 Å². The molecule has 2 N–H and O–H groups in total. The number of methoxy groups -OCH3 is 3. The Kier molecular flexibility index (Phi) is 7.07. The molecule has 0 amide bonds. The maximum Gasteiger partial charge on any atom is 0.204 e. The highest BCUT2D eigenvalue weighted by Crippen LogP contribution is 2.48. The van der Waals surface area contributed by atoms with Gasteiger partial charge in [-0.15, -0.1) is 0 Å². The highest BCUT2D eigenvalue weighted by Gasteiger charge is 2.30. The van der Waals surface area contributed by atoms with E-state index in [1.165, 1.54) is 5.56 Å². The van der Waals surface area contributed by atoms with Gasteiger partial charge in [0.2, 0.25) is 5.75 Å². The molecule has 8 nitrogen and oxygen atoms in total. The van der Waals surface area contributed by atoms with Crippen LogP contribution >= 0.6 is 0 Å². The maximum absolute atomic E-state index is 10.6. The van der Waals surface area contributed by atoms with Crippen LogP contribution in [0.4, 0.5) is 0 Å². The van der Waals surface area contributed by atoms with E-state index in [1.54, 1.807) is 27.4 Å². The summed E-state index contributed by atoms with van der Waals surface area (Å²) in [5.74, 6) is 4.11. The number of phenols is 1. The number of ether oxygens (including phenoxy) is 5. The molecule has 0 radical (unpaired) electrons. The topological polar surface area (TPSA) is 90.8 Å². The minimum Gasteiger partial charge on any atom is -0.504 e. The zero-order valence-corrected chi connectivity index (χ0v) is 24.5. The molecule has 0 saturated heterocycles. The lowest BCUT2D eigenvalue weighted by atomic mass is 9.89. The highest BCUT2D eigenvalue weighted by atomic mass is 16.5. The molecular weight excluding hydrogens is 544 g/mol. The van der Waals surface area contributed by atoms with E-state index in [0.717, 1.165) is 52.9 Å². The first-order valence-electron chi connectivity index (χ1n) is 14.6. The summed E-state index contributed by atoms with van der Waals surface area (Å²) in [6.45, 7) is 1.51. The second kappa shape index (κ2) is 11.2. The Morgan fingerprint density at radius 1 is 0.814 bits per heavy atom. The van der Waals surface area contributed by atoms with E-state index in [2.05, 4.69) is 17.4 Å². The Bertz CT molecular complexity index is 1730. The van der Waals surface area contributed by atoms with E-state index in [9.17, 15) is 5.11 Å². The fourth-order valence-electron chi connectivity index (χ4n) is 6.34. The number of rotatable bonds is 3. The molecule has 1 atom stereocenters. The largest absolute Gasteiger partial charge is 0.504 e. The van der Waals surface area contributed by atoms with Gasteiger partial charge in [0.15, 0.2) is 34.5 Å². The third-order valence-corrected chi connectivity index (χ3v) is 8.46. The molecule has 0 saturated carbocycles. The molecule has 220 valence electrons. The van der Waals surface area contributed by atoms with Gasteiger partial charge in [-0.05, 0) is 96.1 Å². The van der Waals surface area contributed by atoms with Gasteiger partial charge in [-0.2, -0.15) is 0 Å². The Labute approximate surface area is 250 Å². The van der Waals surface area contributed by atoms with Gasteiger partial charge in [0.1, 0.15) is 5.75 Å². The van der Waals surface area contributed by atoms with Crippen LogP contribution in [0.3, 0.4) is 0 Å². The summed E-state index contributed by atoms with van der Waals surface area (Å²) in [4.78, 5) is 4.97. The number of nitrogens with zero attached hydrogens (tertiary/aromatic N) is 1. The standard InChI is InChI=1S/C35H34N2O6/c1-39-30-17-22-10-12-36-26-15-21-6-9-28(38)29(16-21)42-24-7-4-20(5-8-24)14-27-33-23(11-13-37-27)18-32(40-2)34(41-3)35(33)43-31(30)19-25(22)26/h4-9,16-19,26,36,38H,10-15H2,1-3H3. The minimum atomic E-state index is 0.0193. The Morgan fingerprint density at radius 3 is 2.40 bits per heavy atom. The van der Waals surface area contributed by atoms with Gasteiger partial charge in [0.25, 0.3) is 0 Å². The van der Waals surface area contributed by atoms with Crippen LogP contribution < -0.4 is 29.0 Å². The quantitative estimate of drug-likeness (QED) is 0.294. The molecule has 6 bridgehead atoms. The van der Waals surface area contributed by atoms with Crippen molar-refractivity contribution < 1.29 is 28.8 Å². The monoisotopic (exact) mass is 578 g/mol. The number of phenolic OH excluding ortho intramolecular Hbond substituents is 1. The molecule has 4 aromatic rings. The van der Waals surface area contributed by atoms with Crippen molar-refractivity contribution in [2.45, 2.75) is 31.7 Å². The molecule has 4 aliphatic rings. The summed E-state index contributed by atoms with van der Waals surface area (Å²) in [5, 5.41) is 14.3. The number of hydrogen-bond donors (Lipinski definition) is 2. The first-order valence-corrected chi connectivity index (χ1v) is 14.6. The smallest absolute Gasteiger partial charge is 0.204 e. The van der Waals surface area contributed by atoms with Crippen molar-refractivity contribution >= 4 is 5.71 Å². The summed E-state index contributed by atoms with van der Waals surface area (Å²) >= 11 is 0. The molecule has 0 aliphatic carbocycles. The maximum atomic E-state index is 10.6. The average molecular weight is 579 g/mol. The minimum absolute atomic E-state index is 0.0193. The SMILES string of the molecule is COc1cc2c3cc1Oc1c(OC)c(OC)cc4c1C(=NCC4)Cc1ccc(cc1)Oc1cc(ccc1O)CC3NCC2. The number of benzene rings is 4. The molecule has 4 heterocycles. The van der Waals surface area contributed by atoms with Gasteiger partial charge < -0.3 is 34.1 Å². The number of aromatic hydroxyl groups is 1. The number of aliphatic imine (C=N–C) groups is 1. The van der Waals surface area contributed by atoms with Gasteiger partial charge in [0, 0.05) is 24.6 Å². The van der Waals surface area contributed by atoms with E-state index >= 15 is 0 Å². The molecular formula is C35H34N2O6. The van der Waals surface area contributed by atoms with Gasteiger partial charge in [-0.1, -0.05) is 18.2 Å². The van der Waals surface area contributed by atoms with Crippen molar-refractivity contribution in [3.63, 3.8) is 0 Å². The number of nitrogens with one attached hydrogen (secondary N) is 1. The van der Waals surface area contributed by atoms with Crippen LogP contribution in [0.5, 0.6) is 46.0 Å². The normalized spacial score (nSPS) is 16.9. The highest BCUT2D eigenvalue weighted by molar-refractivity contribution is 6.07. The average Bonchev–Trinajstić information content (AvgIpc) is 3.03. The van der Waals surface area contributed by atoms with Crippen LogP contribution in [0.25, 0.3) is 0 Å². The molecule has 8 heteroatoms. The van der Waals surface area contributed by atoms with Crippen molar-refractivity contribution in [2.75, 3.05) is 34.4 Å². The van der Waals surface area contributed by atoms with Crippen LogP contribution in [0.15, 0.2) is 65.7 Å². The molecule has 0 spiro atoms. The fraction of sp³-hybridized carbons (Fsp3) is 0.286. The van der Waals surface area contributed by atoms with Crippen molar-refractivity contribution in [2.24, 2.45) is 4.99 Å². The summed E-state index contributed by atoms with van der Waals surface area (Å²) < 4.78 is 30.6. The fourth-order valence-corrected chi connectivity index (χ4v) is 6.34. The predicted octanol–water partition coefficient (Wildman–Crippen LogP) is 6.33. The second-order valence-corrected chi connectivity index (χ2v) is 11.0. The van der Waals surface area contributed by atoms with Crippen molar-refractivity contribution in [1.29, 1.82) is 0 Å². The Morgan fingerprint density at radius 2 is 1.60 bits per heavy atom. The number of fused-ring (bicyclic) bond motifs is 2. The van der Waals surface area contributed by atoms with Crippen molar-refractivity contribution in [3.05, 3.63) is 94.0 Å². The van der Waals surface area contributed by atoms with E-state index in [1.807, 2.05) is 42.5 Å². The lowest BCUT2D eigenvalue weighted by molar-refractivity contribution is 0.328. The second-order valence-electron chi connectivity index (χ2n) is 11.0. The van der Waals surface area contributed by atoms with E-state index in [4.69, 9.17) is 28.7 Å². The summed E-state index contributed by atoms with van der Waals surface area (Å²) in [5.41, 5.74) is 7.38. The van der Waals surface area contributed by atoms with Crippen LogP contribution in [-0.4, -0.2) is 45.2 Å². The van der Waals surface area contributed by atoms with E-state index in [-0.39, 0.29) is 11.8 Å². The lowest BCUT2D eigenvalue weighted by Gasteiger charge is -2.29. The molecule has 4 aliphatic heterocycles. The third-order valence-electron chi connectivity index (χ3n) is 8.46. The van der Waals surface area contributed by atoms with Gasteiger partial charge in [0.05, 0.1) is 27.0 Å². The van der Waals surface area contributed by atoms with Gasteiger partial charge in [-0.25, -0.2) is 0 Å². The zero-order chi connectivity index (χ0) is 29.5. The Balaban J connectivity index is 1.44. The lowest BCUT2D eigenvalue weighted by Crippen LogP contribution is -2.31. The van der Waals surface area contributed by atoms with Crippen LogP contribution in [0.2, 0.25) is 0 Å². The molecule has 8 rings (SSSR count). The molecule has 0 aromatic heterocycles. The van der Waals surface area contributed by atoms with Crippen LogP contribution in [-0.2, 0) is 25.7 Å². The van der Waals surface area contributed by atoms with E-state index in [0.29, 0.717) is 59.6 Å². The third kappa shape index (κ3) is 5.02. The molecule has 0 fully saturated rings. The number of hydrogen-bond acceptors (Lipinski definition) is 8. The van der Waals surface area contributed by atoms with Crippen molar-refractivity contribution in [3.8, 4) is 46.0 Å². The first kappa shape index (κ1) is 27.2. The van der Waals surface area contributed by atoms with Crippen LogP contribution in [0, 0.1) is 0 Å². The van der Waals surface area contributed by atoms with Crippen LogP contribution in [0.1, 0.15) is 39.4 Å². The summed E-state index contributed by atoms with van der Waals surface area (Å²) in [6.07, 6.45) is 2.92. The summed E-state index contributed by atoms with van der Waals surface area (Å²) in [7, 11) is 4.94. The van der Waals surface area contributed by atoms with Crippen molar-refractivity contribution in [1.82, 2.24) is 5.32 Å². The van der Waals surface area contributed by atoms with Gasteiger partial charge >= 0.3 is 0 Å². The van der Waals surface area contributed by atoms with Gasteiger partial charge in [-0.3, -0.25) is 4.99 Å². The molecule has 1 unspecified atom stereocenters. The Hall–Kier alpha value is -4.69.